The summed E-state index contributed by atoms with van der Waals surface area (Å²) in [7, 11) is 0. The molecule has 0 spiro atoms. The van der Waals surface area contributed by atoms with Crippen LogP contribution in [0.3, 0.4) is 0 Å². The van der Waals surface area contributed by atoms with E-state index in [9.17, 15) is 19.8 Å². The highest BCUT2D eigenvalue weighted by atomic mass is 35.5. The van der Waals surface area contributed by atoms with Crippen molar-refractivity contribution in [2.45, 2.75) is 26.3 Å². The highest BCUT2D eigenvalue weighted by molar-refractivity contribution is 6.46. The second-order valence-electron chi connectivity index (χ2n) is 9.19. The number of hydrogen-bond donors (Lipinski definition) is 2. The number of ketones is 1. The Kier molecular flexibility index (Phi) is 7.65. The van der Waals surface area contributed by atoms with Crippen LogP contribution < -0.4 is 4.74 Å². The molecule has 1 unspecified atom stereocenters. The summed E-state index contributed by atoms with van der Waals surface area (Å²) in [5.41, 5.74) is 1.95. The molecule has 1 heterocycles. The number of phenolic OH excluding ortho intramolecular Hbond substituents is 1. The maximum atomic E-state index is 13.2. The molecule has 0 aromatic heterocycles. The first-order valence-corrected chi connectivity index (χ1v) is 12.2. The number of carbonyl (C=O) groups excluding carboxylic acids is 2. The molecule has 4 rings (SSSR count). The van der Waals surface area contributed by atoms with Crippen LogP contribution in [0.2, 0.25) is 5.02 Å². The van der Waals surface area contributed by atoms with E-state index >= 15 is 0 Å². The minimum absolute atomic E-state index is 0.00260. The first-order valence-electron chi connectivity index (χ1n) is 11.8. The molecule has 0 saturated carbocycles. The molecule has 186 valence electrons. The van der Waals surface area contributed by atoms with Crippen LogP contribution in [0.25, 0.3) is 5.76 Å². The van der Waals surface area contributed by atoms with Crippen LogP contribution in [-0.2, 0) is 16.0 Å². The van der Waals surface area contributed by atoms with Gasteiger partial charge in [-0.3, -0.25) is 9.59 Å². The fourth-order valence-corrected chi connectivity index (χ4v) is 4.29. The van der Waals surface area contributed by atoms with E-state index in [2.05, 4.69) is 0 Å². The number of ether oxygens (including phenoxy) is 1. The minimum atomic E-state index is -0.807. The fourth-order valence-electron chi connectivity index (χ4n) is 4.17. The first-order chi connectivity index (χ1) is 17.2. The predicted molar refractivity (Wildman–Crippen MR) is 139 cm³/mol. The van der Waals surface area contributed by atoms with Gasteiger partial charge in [0.15, 0.2) is 0 Å². The minimum Gasteiger partial charge on any atom is -0.508 e. The fraction of sp³-hybridized carbons (Fsp3) is 0.241. The van der Waals surface area contributed by atoms with Crippen LogP contribution >= 0.6 is 11.6 Å². The number of nitrogens with zero attached hydrogens (tertiary/aromatic N) is 1. The van der Waals surface area contributed by atoms with Gasteiger partial charge < -0.3 is 19.8 Å². The van der Waals surface area contributed by atoms with Crippen LogP contribution in [-0.4, -0.2) is 40.0 Å². The SMILES string of the molecule is CC(C)COc1cccc(/C(O)=C2/C(=O)C(=O)N(CCc3ccc(Cl)cc3)C2c2ccc(O)cc2)c1. The van der Waals surface area contributed by atoms with Gasteiger partial charge in [-0.15, -0.1) is 0 Å². The number of aromatic hydroxyl groups is 1. The lowest BCUT2D eigenvalue weighted by atomic mass is 9.95. The summed E-state index contributed by atoms with van der Waals surface area (Å²) in [5, 5.41) is 21.7. The van der Waals surface area contributed by atoms with E-state index in [0.717, 1.165) is 5.56 Å². The van der Waals surface area contributed by atoms with Gasteiger partial charge in [0.25, 0.3) is 11.7 Å². The maximum Gasteiger partial charge on any atom is 0.295 e. The molecule has 3 aromatic rings. The topological polar surface area (TPSA) is 87.1 Å². The van der Waals surface area contributed by atoms with Crippen LogP contribution in [0.1, 0.15) is 36.6 Å². The van der Waals surface area contributed by atoms with Crippen molar-refractivity contribution in [1.82, 2.24) is 4.90 Å². The van der Waals surface area contributed by atoms with Crippen molar-refractivity contribution < 1.29 is 24.5 Å². The zero-order chi connectivity index (χ0) is 25.8. The quantitative estimate of drug-likeness (QED) is 0.231. The molecule has 3 aromatic carbocycles. The van der Waals surface area contributed by atoms with Crippen LogP contribution in [0.5, 0.6) is 11.5 Å². The number of amides is 1. The number of aliphatic hydroxyl groups is 1. The molecule has 0 bridgehead atoms. The average Bonchev–Trinajstić information content (AvgIpc) is 3.12. The molecule has 1 atom stereocenters. The van der Waals surface area contributed by atoms with Crippen molar-refractivity contribution >= 4 is 29.1 Å². The molecule has 1 saturated heterocycles. The molecule has 0 aliphatic carbocycles. The highest BCUT2D eigenvalue weighted by Crippen LogP contribution is 2.40. The lowest BCUT2D eigenvalue weighted by Gasteiger charge is -2.25. The Labute approximate surface area is 215 Å². The Morgan fingerprint density at radius 2 is 1.72 bits per heavy atom. The zero-order valence-electron chi connectivity index (χ0n) is 20.1. The summed E-state index contributed by atoms with van der Waals surface area (Å²) in [5.74, 6) is -0.762. The van der Waals surface area contributed by atoms with Crippen molar-refractivity contribution in [3.05, 3.63) is 100 Å². The average molecular weight is 506 g/mol. The van der Waals surface area contributed by atoms with E-state index < -0.39 is 17.7 Å². The van der Waals surface area contributed by atoms with Crippen molar-refractivity contribution in [2.24, 2.45) is 5.92 Å². The van der Waals surface area contributed by atoms with Gasteiger partial charge >= 0.3 is 0 Å². The molecule has 0 radical (unpaired) electrons. The molecule has 2 N–H and O–H groups in total. The summed E-state index contributed by atoms with van der Waals surface area (Å²) in [6.45, 7) is 4.83. The lowest BCUT2D eigenvalue weighted by molar-refractivity contribution is -0.139. The van der Waals surface area contributed by atoms with Gasteiger partial charge in [0.05, 0.1) is 18.2 Å². The van der Waals surface area contributed by atoms with Crippen molar-refractivity contribution in [1.29, 1.82) is 0 Å². The van der Waals surface area contributed by atoms with Gasteiger partial charge in [0.1, 0.15) is 17.3 Å². The number of carbonyl (C=O) groups is 2. The molecule has 36 heavy (non-hydrogen) atoms. The largest absolute Gasteiger partial charge is 0.508 e. The Morgan fingerprint density at radius 3 is 2.39 bits per heavy atom. The summed E-state index contributed by atoms with van der Waals surface area (Å²) >= 11 is 5.98. The maximum absolute atomic E-state index is 13.2. The standard InChI is InChI=1S/C29H28ClNO5/c1-18(2)17-36-24-5-3-4-21(16-24)27(33)25-26(20-8-12-23(32)13-9-20)31(29(35)28(25)34)15-14-19-6-10-22(30)11-7-19/h3-13,16,18,26,32-33H,14-15,17H2,1-2H3/b27-25-. The summed E-state index contributed by atoms with van der Waals surface area (Å²) in [4.78, 5) is 27.9. The van der Waals surface area contributed by atoms with E-state index in [1.807, 2.05) is 26.0 Å². The number of hydrogen-bond acceptors (Lipinski definition) is 5. The molecule has 7 heteroatoms. The molecule has 1 aliphatic heterocycles. The van der Waals surface area contributed by atoms with Crippen molar-refractivity contribution in [3.8, 4) is 11.5 Å². The molecule has 1 amide bonds. The molecule has 6 nitrogen and oxygen atoms in total. The molecule has 1 fully saturated rings. The van der Waals surface area contributed by atoms with Crippen molar-refractivity contribution in [3.63, 3.8) is 0 Å². The normalized spacial score (nSPS) is 17.1. The lowest BCUT2D eigenvalue weighted by Crippen LogP contribution is -2.31. The monoisotopic (exact) mass is 505 g/mol. The Bertz CT molecular complexity index is 1280. The van der Waals surface area contributed by atoms with E-state index in [1.54, 1.807) is 48.5 Å². The first kappa shape index (κ1) is 25.3. The van der Waals surface area contributed by atoms with E-state index in [0.29, 0.717) is 40.8 Å². The Morgan fingerprint density at radius 1 is 1.03 bits per heavy atom. The Balaban J connectivity index is 1.73. The highest BCUT2D eigenvalue weighted by Gasteiger charge is 2.45. The predicted octanol–water partition coefficient (Wildman–Crippen LogP) is 5.74. The number of phenols is 1. The molecular weight excluding hydrogens is 478 g/mol. The Hall–Kier alpha value is -3.77. The number of Topliss-reactive ketones (excluding diaryl/α,β-unsaturated/α-hetero) is 1. The van der Waals surface area contributed by atoms with Gasteiger partial charge in [-0.05, 0) is 59.9 Å². The number of likely N-dealkylation sites (tertiary alicyclic amines) is 1. The van der Waals surface area contributed by atoms with Gasteiger partial charge in [-0.1, -0.05) is 61.8 Å². The third-order valence-corrected chi connectivity index (χ3v) is 6.25. The summed E-state index contributed by atoms with van der Waals surface area (Å²) in [6.07, 6.45) is 0.497. The van der Waals surface area contributed by atoms with Crippen LogP contribution in [0.15, 0.2) is 78.4 Å². The van der Waals surface area contributed by atoms with Gasteiger partial charge in [0, 0.05) is 17.1 Å². The number of benzene rings is 3. The van der Waals surface area contributed by atoms with E-state index in [-0.39, 0.29) is 23.6 Å². The van der Waals surface area contributed by atoms with Gasteiger partial charge in [-0.2, -0.15) is 0 Å². The zero-order valence-corrected chi connectivity index (χ0v) is 20.9. The smallest absolute Gasteiger partial charge is 0.295 e. The van der Waals surface area contributed by atoms with Crippen LogP contribution in [0.4, 0.5) is 0 Å². The van der Waals surface area contributed by atoms with Gasteiger partial charge in [-0.25, -0.2) is 0 Å². The van der Waals surface area contributed by atoms with Gasteiger partial charge in [0.2, 0.25) is 0 Å². The van der Waals surface area contributed by atoms with E-state index in [1.165, 1.54) is 17.0 Å². The molecular formula is C29H28ClNO5. The summed E-state index contributed by atoms with van der Waals surface area (Å²) in [6, 6.07) is 19.6. The molecule has 1 aliphatic rings. The third kappa shape index (κ3) is 5.55. The number of rotatable bonds is 8. The van der Waals surface area contributed by atoms with Crippen molar-refractivity contribution in [2.75, 3.05) is 13.2 Å². The van der Waals surface area contributed by atoms with E-state index in [4.69, 9.17) is 16.3 Å². The second-order valence-corrected chi connectivity index (χ2v) is 9.63. The third-order valence-electron chi connectivity index (χ3n) is 5.99. The van der Waals surface area contributed by atoms with Crippen LogP contribution in [0, 0.1) is 5.92 Å². The number of halogens is 1. The number of aliphatic hydroxyl groups excluding tert-OH is 1. The summed E-state index contributed by atoms with van der Waals surface area (Å²) < 4.78 is 5.78. The second kappa shape index (κ2) is 10.9.